The van der Waals surface area contributed by atoms with Gasteiger partial charge < -0.3 is 14.4 Å². The van der Waals surface area contributed by atoms with E-state index >= 15 is 0 Å². The molecule has 1 fully saturated rings. The van der Waals surface area contributed by atoms with E-state index in [0.29, 0.717) is 43.2 Å². The van der Waals surface area contributed by atoms with Gasteiger partial charge in [-0.05, 0) is 23.8 Å². The Hall–Kier alpha value is -2.45. The summed E-state index contributed by atoms with van der Waals surface area (Å²) in [6.07, 6.45) is -4.38. The number of ether oxygens (including phenoxy) is 2. The third kappa shape index (κ3) is 5.17. The molecule has 0 aliphatic carbocycles. The van der Waals surface area contributed by atoms with Crippen LogP contribution in [0.2, 0.25) is 0 Å². The Morgan fingerprint density at radius 3 is 2.23 bits per heavy atom. The van der Waals surface area contributed by atoms with E-state index in [1.807, 2.05) is 4.90 Å². The second-order valence-electron chi connectivity index (χ2n) is 6.76. The number of amides is 1. The fourth-order valence-corrected chi connectivity index (χ4v) is 3.51. The van der Waals surface area contributed by atoms with Crippen LogP contribution in [0.4, 0.5) is 13.2 Å². The highest BCUT2D eigenvalue weighted by Crippen LogP contribution is 2.33. The standard InChI is InChI=1S/C21H23F3N2O3.ClH/c1-28-18-9-5-7-16(19(18)29-2)20(27)26-12-10-25(11-13-26)14-15-6-3-4-8-17(15)21(22,23)24;/h3-9H,10-14H2,1-2H3;1H. The molecule has 0 aromatic heterocycles. The number of para-hydroxylation sites is 1. The molecular formula is C21H24ClF3N2O3. The molecule has 1 amide bonds. The van der Waals surface area contributed by atoms with E-state index in [1.165, 1.54) is 26.4 Å². The van der Waals surface area contributed by atoms with Gasteiger partial charge in [0, 0.05) is 32.7 Å². The Labute approximate surface area is 179 Å². The van der Waals surface area contributed by atoms with Gasteiger partial charge in [-0.2, -0.15) is 13.2 Å². The van der Waals surface area contributed by atoms with Crippen molar-refractivity contribution in [2.24, 2.45) is 0 Å². The number of rotatable bonds is 5. The Balaban J connectivity index is 0.00000320. The van der Waals surface area contributed by atoms with Crippen LogP contribution in [-0.2, 0) is 12.7 Å². The Kier molecular flexibility index (Phi) is 7.97. The SMILES string of the molecule is COc1cccc(C(=O)N2CCN(Cc3ccccc3C(F)(F)F)CC2)c1OC.Cl. The van der Waals surface area contributed by atoms with Gasteiger partial charge in [0.15, 0.2) is 11.5 Å². The number of alkyl halides is 3. The van der Waals surface area contributed by atoms with Gasteiger partial charge >= 0.3 is 6.18 Å². The Morgan fingerprint density at radius 1 is 0.967 bits per heavy atom. The summed E-state index contributed by atoms with van der Waals surface area (Å²) in [4.78, 5) is 16.5. The van der Waals surface area contributed by atoms with Crippen LogP contribution in [0.25, 0.3) is 0 Å². The molecule has 0 spiro atoms. The number of benzene rings is 2. The number of piperazine rings is 1. The van der Waals surface area contributed by atoms with Crippen molar-refractivity contribution in [2.75, 3.05) is 40.4 Å². The van der Waals surface area contributed by atoms with E-state index < -0.39 is 11.7 Å². The quantitative estimate of drug-likeness (QED) is 0.696. The second kappa shape index (κ2) is 10.0. The van der Waals surface area contributed by atoms with Crippen molar-refractivity contribution in [3.8, 4) is 11.5 Å². The van der Waals surface area contributed by atoms with Crippen molar-refractivity contribution < 1.29 is 27.4 Å². The maximum atomic E-state index is 13.2. The van der Waals surface area contributed by atoms with E-state index in [9.17, 15) is 18.0 Å². The van der Waals surface area contributed by atoms with Crippen LogP contribution in [-0.4, -0.2) is 56.1 Å². The highest BCUT2D eigenvalue weighted by Gasteiger charge is 2.33. The molecule has 30 heavy (non-hydrogen) atoms. The zero-order valence-electron chi connectivity index (χ0n) is 16.7. The predicted molar refractivity (Wildman–Crippen MR) is 109 cm³/mol. The second-order valence-corrected chi connectivity index (χ2v) is 6.76. The summed E-state index contributed by atoms with van der Waals surface area (Å²) in [6.45, 7) is 2.02. The van der Waals surface area contributed by atoms with Crippen LogP contribution in [0, 0.1) is 0 Å². The van der Waals surface area contributed by atoms with E-state index in [2.05, 4.69) is 0 Å². The molecule has 0 atom stereocenters. The minimum atomic E-state index is -4.38. The van der Waals surface area contributed by atoms with Crippen molar-refractivity contribution >= 4 is 18.3 Å². The molecule has 5 nitrogen and oxygen atoms in total. The molecular weight excluding hydrogens is 421 g/mol. The molecule has 1 saturated heterocycles. The van der Waals surface area contributed by atoms with Crippen LogP contribution in [0.5, 0.6) is 11.5 Å². The molecule has 1 aliphatic heterocycles. The van der Waals surface area contributed by atoms with Crippen LogP contribution in [0.1, 0.15) is 21.5 Å². The number of methoxy groups -OCH3 is 2. The van der Waals surface area contributed by atoms with Gasteiger partial charge in [0.25, 0.3) is 5.91 Å². The fourth-order valence-electron chi connectivity index (χ4n) is 3.51. The van der Waals surface area contributed by atoms with Crippen LogP contribution < -0.4 is 9.47 Å². The first kappa shape index (κ1) is 23.8. The molecule has 2 aromatic rings. The van der Waals surface area contributed by atoms with Gasteiger partial charge in [0.1, 0.15) is 0 Å². The number of hydrogen-bond acceptors (Lipinski definition) is 4. The van der Waals surface area contributed by atoms with Crippen molar-refractivity contribution in [1.29, 1.82) is 0 Å². The zero-order valence-corrected chi connectivity index (χ0v) is 17.6. The fraction of sp³-hybridized carbons (Fsp3) is 0.381. The lowest BCUT2D eigenvalue weighted by Gasteiger charge is -2.35. The smallest absolute Gasteiger partial charge is 0.416 e. The molecule has 0 bridgehead atoms. The average Bonchev–Trinajstić information content (AvgIpc) is 2.72. The largest absolute Gasteiger partial charge is 0.493 e. The van der Waals surface area contributed by atoms with Crippen molar-refractivity contribution in [1.82, 2.24) is 9.80 Å². The van der Waals surface area contributed by atoms with Crippen LogP contribution in [0.3, 0.4) is 0 Å². The molecule has 3 rings (SSSR count). The summed E-state index contributed by atoms with van der Waals surface area (Å²) in [5.41, 5.74) is 0.0385. The van der Waals surface area contributed by atoms with Crippen molar-refractivity contribution in [3.05, 3.63) is 59.2 Å². The Bertz CT molecular complexity index is 869. The molecule has 1 aliphatic rings. The minimum absolute atomic E-state index is 0. The highest BCUT2D eigenvalue weighted by atomic mass is 35.5. The highest BCUT2D eigenvalue weighted by molar-refractivity contribution is 5.97. The first-order valence-electron chi connectivity index (χ1n) is 9.23. The molecule has 2 aromatic carbocycles. The van der Waals surface area contributed by atoms with Crippen LogP contribution >= 0.6 is 12.4 Å². The molecule has 1 heterocycles. The monoisotopic (exact) mass is 444 g/mol. The van der Waals surface area contributed by atoms with Gasteiger partial charge in [-0.3, -0.25) is 9.69 Å². The lowest BCUT2D eigenvalue weighted by Crippen LogP contribution is -2.48. The molecule has 164 valence electrons. The topological polar surface area (TPSA) is 42.0 Å². The predicted octanol–water partition coefficient (Wildman–Crippen LogP) is 4.10. The van der Waals surface area contributed by atoms with Gasteiger partial charge in [-0.25, -0.2) is 0 Å². The molecule has 9 heteroatoms. The molecule has 0 unspecified atom stereocenters. The summed E-state index contributed by atoms with van der Waals surface area (Å²) in [6, 6.07) is 10.7. The first-order chi connectivity index (χ1) is 13.8. The van der Waals surface area contributed by atoms with Crippen molar-refractivity contribution in [3.63, 3.8) is 0 Å². The number of nitrogens with zero attached hydrogens (tertiary/aromatic N) is 2. The van der Waals surface area contributed by atoms with E-state index in [-0.39, 0.29) is 30.4 Å². The van der Waals surface area contributed by atoms with E-state index in [1.54, 1.807) is 29.2 Å². The number of carbonyl (C=O) groups is 1. The van der Waals surface area contributed by atoms with Gasteiger partial charge in [-0.1, -0.05) is 24.3 Å². The normalized spacial score (nSPS) is 14.8. The molecule has 0 saturated carbocycles. The Morgan fingerprint density at radius 2 is 1.63 bits per heavy atom. The van der Waals surface area contributed by atoms with Crippen LogP contribution in [0.15, 0.2) is 42.5 Å². The summed E-state index contributed by atoms with van der Waals surface area (Å²) in [5, 5.41) is 0. The van der Waals surface area contributed by atoms with E-state index in [4.69, 9.17) is 9.47 Å². The summed E-state index contributed by atoms with van der Waals surface area (Å²) in [7, 11) is 2.98. The zero-order chi connectivity index (χ0) is 21.0. The summed E-state index contributed by atoms with van der Waals surface area (Å²) < 4.78 is 50.2. The van der Waals surface area contributed by atoms with Gasteiger partial charge in [-0.15, -0.1) is 12.4 Å². The summed E-state index contributed by atoms with van der Waals surface area (Å²) >= 11 is 0. The maximum Gasteiger partial charge on any atom is 0.416 e. The van der Waals surface area contributed by atoms with E-state index in [0.717, 1.165) is 6.07 Å². The number of carbonyl (C=O) groups excluding carboxylic acids is 1. The summed E-state index contributed by atoms with van der Waals surface area (Å²) in [5.74, 6) is 0.665. The first-order valence-corrected chi connectivity index (χ1v) is 9.23. The average molecular weight is 445 g/mol. The molecule has 0 N–H and O–H groups in total. The molecule has 0 radical (unpaired) electrons. The minimum Gasteiger partial charge on any atom is -0.493 e. The third-order valence-corrected chi connectivity index (χ3v) is 5.01. The lowest BCUT2D eigenvalue weighted by atomic mass is 10.1. The lowest BCUT2D eigenvalue weighted by molar-refractivity contribution is -0.138. The maximum absolute atomic E-state index is 13.2. The van der Waals surface area contributed by atoms with Gasteiger partial charge in [0.2, 0.25) is 0 Å². The van der Waals surface area contributed by atoms with Gasteiger partial charge in [0.05, 0.1) is 25.3 Å². The number of hydrogen-bond donors (Lipinski definition) is 0. The third-order valence-electron chi connectivity index (χ3n) is 5.01. The number of halogens is 4. The van der Waals surface area contributed by atoms with Crippen molar-refractivity contribution in [2.45, 2.75) is 12.7 Å².